The molecule has 0 radical (unpaired) electrons. The molecule has 164 valence electrons. The fourth-order valence-electron chi connectivity index (χ4n) is 4.54. The predicted octanol–water partition coefficient (Wildman–Crippen LogP) is 3.61. The molecule has 4 rings (SSSR count). The van der Waals surface area contributed by atoms with E-state index in [-0.39, 0.29) is 17.6 Å². The molecule has 1 fully saturated rings. The first kappa shape index (κ1) is 21.5. The van der Waals surface area contributed by atoms with Gasteiger partial charge in [0.05, 0.1) is 17.6 Å². The van der Waals surface area contributed by atoms with Crippen LogP contribution in [0, 0.1) is 12.7 Å². The van der Waals surface area contributed by atoms with Crippen LogP contribution in [0.15, 0.2) is 36.5 Å². The Kier molecular flexibility index (Phi) is 6.34. The van der Waals surface area contributed by atoms with Gasteiger partial charge in [0.15, 0.2) is 0 Å². The highest BCUT2D eigenvalue weighted by Crippen LogP contribution is 2.32. The molecular formula is C24H29FN4O2. The smallest absolute Gasteiger partial charge is 0.270 e. The number of carbonyl (C=O) groups is 1. The number of pyridine rings is 1. The second-order valence-corrected chi connectivity index (χ2v) is 8.16. The maximum absolute atomic E-state index is 14.4. The van der Waals surface area contributed by atoms with E-state index in [2.05, 4.69) is 4.98 Å². The molecule has 0 saturated carbocycles. The van der Waals surface area contributed by atoms with E-state index in [9.17, 15) is 9.18 Å². The topological polar surface area (TPSA) is 73.4 Å². The average Bonchev–Trinajstić information content (AvgIpc) is 3.17. The molecule has 6 nitrogen and oxygen atoms in total. The Morgan fingerprint density at radius 3 is 2.74 bits per heavy atom. The Hall–Kier alpha value is -2.77. The number of halogens is 1. The summed E-state index contributed by atoms with van der Waals surface area (Å²) in [6.45, 7) is 4.70. The summed E-state index contributed by atoms with van der Waals surface area (Å²) in [5, 5.41) is 0. The van der Waals surface area contributed by atoms with Crippen molar-refractivity contribution in [2.24, 2.45) is 5.73 Å². The number of aromatic nitrogens is 2. The quantitative estimate of drug-likeness (QED) is 0.656. The first-order chi connectivity index (χ1) is 15.0. The highest BCUT2D eigenvalue weighted by Gasteiger charge is 2.28. The summed E-state index contributed by atoms with van der Waals surface area (Å²) < 4.78 is 21.7. The Morgan fingerprint density at radius 2 is 2.03 bits per heavy atom. The molecular weight excluding hydrogens is 395 g/mol. The number of nitrogens with two attached hydrogens (primary N) is 1. The molecule has 1 saturated heterocycles. The standard InChI is InChI=1S/C24H29FN4O2/c1-16-5-8-27-21-14-22(29(23(16)21)11-12-31-2)24(30)28-9-6-18(7-10-28)19-13-17(15-26)3-4-20(19)25/h3-5,8,13-14,18H,6-7,9-12,15,26H2,1-2H3. The number of likely N-dealkylation sites (tertiary alicyclic amines) is 1. The molecule has 0 atom stereocenters. The van der Waals surface area contributed by atoms with Gasteiger partial charge in [0.2, 0.25) is 0 Å². The van der Waals surface area contributed by atoms with E-state index in [1.807, 2.05) is 34.6 Å². The van der Waals surface area contributed by atoms with E-state index in [0.29, 0.717) is 44.0 Å². The van der Waals surface area contributed by atoms with Crippen LogP contribution in [0.5, 0.6) is 0 Å². The molecule has 1 aliphatic rings. The van der Waals surface area contributed by atoms with Gasteiger partial charge in [-0.25, -0.2) is 4.39 Å². The lowest BCUT2D eigenvalue weighted by Gasteiger charge is -2.32. The number of piperidine rings is 1. The van der Waals surface area contributed by atoms with E-state index in [4.69, 9.17) is 10.5 Å². The minimum absolute atomic E-state index is 0.0110. The zero-order chi connectivity index (χ0) is 22.0. The zero-order valence-electron chi connectivity index (χ0n) is 18.1. The van der Waals surface area contributed by atoms with E-state index in [1.54, 1.807) is 19.4 Å². The van der Waals surface area contributed by atoms with Crippen molar-refractivity contribution < 1.29 is 13.9 Å². The van der Waals surface area contributed by atoms with Gasteiger partial charge in [-0.05, 0) is 60.6 Å². The van der Waals surface area contributed by atoms with Crippen molar-refractivity contribution in [1.29, 1.82) is 0 Å². The van der Waals surface area contributed by atoms with Crippen LogP contribution in [-0.2, 0) is 17.8 Å². The molecule has 31 heavy (non-hydrogen) atoms. The molecule has 1 amide bonds. The SMILES string of the molecule is COCCn1c(C(=O)N2CCC(c3cc(CN)ccc3F)CC2)cc2nccc(C)c21. The Labute approximate surface area is 181 Å². The Morgan fingerprint density at radius 1 is 1.26 bits per heavy atom. The lowest BCUT2D eigenvalue weighted by molar-refractivity contribution is 0.0699. The van der Waals surface area contributed by atoms with E-state index in [0.717, 1.165) is 35.0 Å². The van der Waals surface area contributed by atoms with Crippen molar-refractivity contribution in [2.75, 3.05) is 26.8 Å². The highest BCUT2D eigenvalue weighted by atomic mass is 19.1. The number of hydrogen-bond acceptors (Lipinski definition) is 4. The van der Waals surface area contributed by atoms with Crippen molar-refractivity contribution in [3.8, 4) is 0 Å². The second kappa shape index (κ2) is 9.16. The molecule has 1 aromatic carbocycles. The monoisotopic (exact) mass is 424 g/mol. The van der Waals surface area contributed by atoms with Gasteiger partial charge >= 0.3 is 0 Å². The lowest BCUT2D eigenvalue weighted by Crippen LogP contribution is -2.39. The van der Waals surface area contributed by atoms with Gasteiger partial charge in [-0.1, -0.05) is 12.1 Å². The van der Waals surface area contributed by atoms with Crippen LogP contribution in [0.25, 0.3) is 11.0 Å². The van der Waals surface area contributed by atoms with Gasteiger partial charge in [-0.15, -0.1) is 0 Å². The number of methoxy groups -OCH3 is 1. The van der Waals surface area contributed by atoms with Crippen molar-refractivity contribution in [2.45, 2.75) is 38.8 Å². The number of nitrogens with zero attached hydrogens (tertiary/aromatic N) is 3. The number of hydrogen-bond donors (Lipinski definition) is 1. The molecule has 3 heterocycles. The predicted molar refractivity (Wildman–Crippen MR) is 119 cm³/mol. The zero-order valence-corrected chi connectivity index (χ0v) is 18.1. The Bertz CT molecular complexity index is 1090. The molecule has 2 aromatic heterocycles. The van der Waals surface area contributed by atoms with Gasteiger partial charge < -0.3 is 19.9 Å². The van der Waals surface area contributed by atoms with Crippen LogP contribution in [0.3, 0.4) is 0 Å². The highest BCUT2D eigenvalue weighted by molar-refractivity contribution is 5.98. The fraction of sp³-hybridized carbons (Fsp3) is 0.417. The third kappa shape index (κ3) is 4.20. The molecule has 7 heteroatoms. The summed E-state index contributed by atoms with van der Waals surface area (Å²) >= 11 is 0. The normalized spacial score (nSPS) is 15.0. The van der Waals surface area contributed by atoms with Crippen LogP contribution in [0.2, 0.25) is 0 Å². The number of ether oxygens (including phenoxy) is 1. The van der Waals surface area contributed by atoms with Crippen molar-refractivity contribution >= 4 is 16.9 Å². The van der Waals surface area contributed by atoms with Crippen LogP contribution in [-0.4, -0.2) is 47.2 Å². The summed E-state index contributed by atoms with van der Waals surface area (Å²) in [6, 6.07) is 8.92. The summed E-state index contributed by atoms with van der Waals surface area (Å²) in [5.41, 5.74) is 10.9. The minimum Gasteiger partial charge on any atom is -0.383 e. The van der Waals surface area contributed by atoms with Gasteiger partial charge in [0.25, 0.3) is 5.91 Å². The first-order valence-electron chi connectivity index (χ1n) is 10.7. The number of carbonyl (C=O) groups excluding carboxylic acids is 1. The van der Waals surface area contributed by atoms with Gasteiger partial charge in [-0.3, -0.25) is 9.78 Å². The fourth-order valence-corrected chi connectivity index (χ4v) is 4.54. The molecule has 0 unspecified atom stereocenters. The van der Waals surface area contributed by atoms with Gasteiger partial charge in [0.1, 0.15) is 11.5 Å². The third-order valence-corrected chi connectivity index (χ3v) is 6.24. The Balaban J connectivity index is 1.55. The third-order valence-electron chi connectivity index (χ3n) is 6.24. The lowest BCUT2D eigenvalue weighted by atomic mass is 9.88. The van der Waals surface area contributed by atoms with E-state index >= 15 is 0 Å². The molecule has 1 aliphatic heterocycles. The summed E-state index contributed by atoms with van der Waals surface area (Å²) in [6.07, 6.45) is 3.22. The van der Waals surface area contributed by atoms with Crippen LogP contribution in [0.1, 0.15) is 45.9 Å². The largest absolute Gasteiger partial charge is 0.383 e. The molecule has 2 N–H and O–H groups in total. The van der Waals surface area contributed by atoms with Crippen LogP contribution in [0.4, 0.5) is 4.39 Å². The number of aryl methyl sites for hydroxylation is 1. The molecule has 0 aliphatic carbocycles. The first-order valence-corrected chi connectivity index (χ1v) is 10.7. The summed E-state index contributed by atoms with van der Waals surface area (Å²) in [7, 11) is 1.65. The molecule has 3 aromatic rings. The van der Waals surface area contributed by atoms with Gasteiger partial charge in [-0.2, -0.15) is 0 Å². The average molecular weight is 425 g/mol. The van der Waals surface area contributed by atoms with E-state index in [1.165, 1.54) is 6.07 Å². The van der Waals surface area contributed by atoms with Crippen molar-refractivity contribution in [3.63, 3.8) is 0 Å². The molecule has 0 spiro atoms. The number of rotatable bonds is 6. The maximum Gasteiger partial charge on any atom is 0.270 e. The summed E-state index contributed by atoms with van der Waals surface area (Å²) in [4.78, 5) is 19.7. The number of benzene rings is 1. The van der Waals surface area contributed by atoms with Crippen LogP contribution < -0.4 is 5.73 Å². The van der Waals surface area contributed by atoms with Crippen molar-refractivity contribution in [1.82, 2.24) is 14.5 Å². The van der Waals surface area contributed by atoms with Crippen molar-refractivity contribution in [3.05, 3.63) is 64.7 Å². The second-order valence-electron chi connectivity index (χ2n) is 8.16. The summed E-state index contributed by atoms with van der Waals surface area (Å²) in [5.74, 6) is -0.106. The van der Waals surface area contributed by atoms with Gasteiger partial charge in [0, 0.05) is 39.5 Å². The number of fused-ring (bicyclic) bond motifs is 1. The maximum atomic E-state index is 14.4. The van der Waals surface area contributed by atoms with E-state index < -0.39 is 0 Å². The van der Waals surface area contributed by atoms with Crippen LogP contribution >= 0.6 is 0 Å². The molecule has 0 bridgehead atoms. The number of amides is 1. The minimum atomic E-state index is -0.191.